The Morgan fingerprint density at radius 2 is 1.94 bits per heavy atom. The molecule has 2 unspecified atom stereocenters. The molecule has 2 atom stereocenters. The summed E-state index contributed by atoms with van der Waals surface area (Å²) in [7, 11) is 0. The van der Waals surface area contributed by atoms with Gasteiger partial charge in [0.25, 0.3) is 0 Å². The zero-order chi connectivity index (χ0) is 11.0. The molecule has 0 saturated heterocycles. The summed E-state index contributed by atoms with van der Waals surface area (Å²) in [6, 6.07) is 7.95. The summed E-state index contributed by atoms with van der Waals surface area (Å²) in [6.45, 7) is 0. The van der Waals surface area contributed by atoms with Crippen molar-refractivity contribution >= 4 is 23.4 Å². The van der Waals surface area contributed by atoms with Gasteiger partial charge in [-0.05, 0) is 12.1 Å². The van der Waals surface area contributed by atoms with Gasteiger partial charge in [0.05, 0.1) is 11.6 Å². The summed E-state index contributed by atoms with van der Waals surface area (Å²) in [5, 5.41) is 3.19. The van der Waals surface area contributed by atoms with E-state index in [-0.39, 0.29) is 17.1 Å². The molecule has 3 rings (SSSR count). The molecule has 2 nitrogen and oxygen atoms in total. The van der Waals surface area contributed by atoms with Crippen LogP contribution in [0.3, 0.4) is 0 Å². The zero-order valence-corrected chi connectivity index (χ0v) is 9.41. The fraction of sp³-hybridized carbons (Fsp3) is 0.154. The number of hydrogen-bond acceptors (Lipinski definition) is 2. The summed E-state index contributed by atoms with van der Waals surface area (Å²) in [5.74, 6) is 0.0328. The van der Waals surface area contributed by atoms with Crippen LogP contribution in [0.25, 0.3) is 0 Å². The van der Waals surface area contributed by atoms with E-state index in [4.69, 9.17) is 0 Å². The second-order valence-corrected chi connectivity index (χ2v) is 5.08. The first-order valence-electron chi connectivity index (χ1n) is 5.26. The molecular weight excluding hydrogens is 218 g/mol. The number of hydrogen-bond donors (Lipinski definition) is 1. The van der Waals surface area contributed by atoms with Gasteiger partial charge in [-0.3, -0.25) is 4.79 Å². The molecule has 1 amide bonds. The molecular formula is C13H11NOS. The summed E-state index contributed by atoms with van der Waals surface area (Å²) >= 11 is 1.74. The molecule has 0 radical (unpaired) electrons. The molecule has 3 heteroatoms. The van der Waals surface area contributed by atoms with E-state index in [0.29, 0.717) is 0 Å². The Kier molecular flexibility index (Phi) is 2.33. The maximum Gasteiger partial charge on any atom is 0.232 e. The second kappa shape index (κ2) is 3.83. The largest absolute Gasteiger partial charge is 0.325 e. The van der Waals surface area contributed by atoms with Crippen molar-refractivity contribution in [3.8, 4) is 0 Å². The molecule has 1 aliphatic carbocycles. The monoisotopic (exact) mass is 229 g/mol. The molecule has 0 fully saturated rings. The summed E-state index contributed by atoms with van der Waals surface area (Å²) < 4.78 is 0. The van der Waals surface area contributed by atoms with E-state index in [1.807, 2.05) is 36.4 Å². The molecule has 1 aromatic rings. The van der Waals surface area contributed by atoms with Gasteiger partial charge in [0.15, 0.2) is 0 Å². The van der Waals surface area contributed by atoms with Crippen molar-refractivity contribution in [2.45, 2.75) is 10.1 Å². The van der Waals surface area contributed by atoms with Crippen LogP contribution in [0.4, 0.5) is 5.69 Å². The summed E-state index contributed by atoms with van der Waals surface area (Å²) in [6.07, 6.45) is 8.02. The van der Waals surface area contributed by atoms with Crippen molar-refractivity contribution in [3.63, 3.8) is 0 Å². The Bertz CT molecular complexity index is 492. The van der Waals surface area contributed by atoms with Crippen molar-refractivity contribution in [2.75, 3.05) is 5.32 Å². The van der Waals surface area contributed by atoms with E-state index >= 15 is 0 Å². The van der Waals surface area contributed by atoms with Crippen molar-refractivity contribution in [1.82, 2.24) is 0 Å². The Morgan fingerprint density at radius 1 is 1.12 bits per heavy atom. The third kappa shape index (κ3) is 1.57. The van der Waals surface area contributed by atoms with Crippen LogP contribution in [0.5, 0.6) is 0 Å². The van der Waals surface area contributed by atoms with E-state index < -0.39 is 0 Å². The second-order valence-electron chi connectivity index (χ2n) is 3.86. The lowest BCUT2D eigenvalue weighted by molar-refractivity contribution is -0.118. The highest BCUT2D eigenvalue weighted by Crippen LogP contribution is 2.39. The van der Waals surface area contributed by atoms with Crippen molar-refractivity contribution < 1.29 is 4.79 Å². The number of carbonyl (C=O) groups excluding carboxylic acids is 1. The number of benzene rings is 1. The van der Waals surface area contributed by atoms with Crippen molar-refractivity contribution in [2.24, 2.45) is 5.92 Å². The maximum atomic E-state index is 12.0. The van der Waals surface area contributed by atoms with Crippen LogP contribution in [0, 0.1) is 5.92 Å². The van der Waals surface area contributed by atoms with Crippen molar-refractivity contribution in [3.05, 3.63) is 48.6 Å². The lowest BCUT2D eigenvalue weighted by Gasteiger charge is -2.18. The Morgan fingerprint density at radius 3 is 2.88 bits per heavy atom. The number of para-hydroxylation sites is 1. The van der Waals surface area contributed by atoms with Crippen LogP contribution in [0.15, 0.2) is 53.5 Å². The van der Waals surface area contributed by atoms with Crippen LogP contribution >= 0.6 is 11.8 Å². The minimum atomic E-state index is -0.0533. The number of amides is 1. The third-order valence-electron chi connectivity index (χ3n) is 2.80. The zero-order valence-electron chi connectivity index (χ0n) is 8.59. The van der Waals surface area contributed by atoms with Gasteiger partial charge >= 0.3 is 0 Å². The number of fused-ring (bicyclic) bond motifs is 2. The van der Waals surface area contributed by atoms with Gasteiger partial charge in [0, 0.05) is 10.1 Å². The molecule has 0 spiro atoms. The molecule has 1 N–H and O–H groups in total. The summed E-state index contributed by atoms with van der Waals surface area (Å²) in [4.78, 5) is 13.1. The highest BCUT2D eigenvalue weighted by atomic mass is 32.2. The molecule has 80 valence electrons. The molecule has 1 aromatic carbocycles. The quantitative estimate of drug-likeness (QED) is 0.741. The van der Waals surface area contributed by atoms with Gasteiger partial charge in [0.2, 0.25) is 5.91 Å². The Labute approximate surface area is 98.4 Å². The number of nitrogens with one attached hydrogen (secondary N) is 1. The highest BCUT2D eigenvalue weighted by Gasteiger charge is 2.30. The van der Waals surface area contributed by atoms with Crippen LogP contribution in [-0.2, 0) is 4.79 Å². The normalized spacial score (nSPS) is 26.6. The number of rotatable bonds is 0. The van der Waals surface area contributed by atoms with Gasteiger partial charge in [-0.1, -0.05) is 36.4 Å². The van der Waals surface area contributed by atoms with Gasteiger partial charge in [-0.15, -0.1) is 11.8 Å². The molecule has 1 heterocycles. The van der Waals surface area contributed by atoms with Crippen LogP contribution in [0.2, 0.25) is 0 Å². The minimum absolute atomic E-state index is 0.0533. The lowest BCUT2D eigenvalue weighted by Crippen LogP contribution is -2.27. The SMILES string of the molecule is O=C1Nc2ccccc2SC2C=CC=CC12. The van der Waals surface area contributed by atoms with E-state index in [0.717, 1.165) is 10.6 Å². The number of anilines is 1. The Hall–Kier alpha value is -1.48. The van der Waals surface area contributed by atoms with Crippen LogP contribution < -0.4 is 5.32 Å². The lowest BCUT2D eigenvalue weighted by atomic mass is 9.99. The molecule has 16 heavy (non-hydrogen) atoms. The topological polar surface area (TPSA) is 29.1 Å². The first-order chi connectivity index (χ1) is 7.84. The predicted molar refractivity (Wildman–Crippen MR) is 66.5 cm³/mol. The van der Waals surface area contributed by atoms with Crippen molar-refractivity contribution in [1.29, 1.82) is 0 Å². The van der Waals surface area contributed by atoms with Gasteiger partial charge in [-0.2, -0.15) is 0 Å². The molecule has 1 aliphatic heterocycles. The van der Waals surface area contributed by atoms with Gasteiger partial charge in [-0.25, -0.2) is 0 Å². The number of thioether (sulfide) groups is 1. The van der Waals surface area contributed by atoms with Crippen LogP contribution in [-0.4, -0.2) is 11.2 Å². The minimum Gasteiger partial charge on any atom is -0.325 e. The number of allylic oxidation sites excluding steroid dienone is 2. The average molecular weight is 229 g/mol. The maximum absolute atomic E-state index is 12.0. The first kappa shape index (κ1) is 9.73. The van der Waals surface area contributed by atoms with E-state index in [2.05, 4.69) is 17.5 Å². The predicted octanol–water partition coefficient (Wildman–Crippen LogP) is 2.84. The average Bonchev–Trinajstić information content (AvgIpc) is 2.45. The van der Waals surface area contributed by atoms with E-state index in [1.54, 1.807) is 11.8 Å². The van der Waals surface area contributed by atoms with E-state index in [1.165, 1.54) is 0 Å². The van der Waals surface area contributed by atoms with Crippen LogP contribution in [0.1, 0.15) is 0 Å². The molecule has 0 saturated carbocycles. The summed E-state index contributed by atoms with van der Waals surface area (Å²) in [5.41, 5.74) is 0.925. The molecule has 0 aromatic heterocycles. The van der Waals surface area contributed by atoms with E-state index in [9.17, 15) is 4.79 Å². The van der Waals surface area contributed by atoms with Gasteiger partial charge in [0.1, 0.15) is 0 Å². The Balaban J connectivity index is 2.04. The number of carbonyl (C=O) groups is 1. The van der Waals surface area contributed by atoms with Gasteiger partial charge < -0.3 is 5.32 Å². The highest BCUT2D eigenvalue weighted by molar-refractivity contribution is 8.00. The molecule has 0 bridgehead atoms. The fourth-order valence-corrected chi connectivity index (χ4v) is 3.20. The third-order valence-corrected chi connectivity index (χ3v) is 4.13. The standard InChI is InChI=1S/C13H11NOS/c15-13-9-5-1-3-7-11(9)16-12-8-4-2-6-10(12)14-13/h1-9,11H,(H,14,15). The smallest absolute Gasteiger partial charge is 0.232 e. The fourth-order valence-electron chi connectivity index (χ4n) is 1.97. The first-order valence-corrected chi connectivity index (χ1v) is 6.14. The molecule has 2 aliphatic rings.